The summed E-state index contributed by atoms with van der Waals surface area (Å²) in [6.07, 6.45) is 0.449. The Morgan fingerprint density at radius 3 is 2.82 bits per heavy atom. The van der Waals surface area contributed by atoms with Gasteiger partial charge in [0, 0.05) is 24.8 Å². The number of hydrogen-bond acceptors (Lipinski definition) is 4. The third-order valence-corrected chi connectivity index (χ3v) is 2.70. The Kier molecular flexibility index (Phi) is 5.05. The highest BCUT2D eigenvalue weighted by Gasteiger charge is 2.15. The van der Waals surface area contributed by atoms with E-state index in [0.717, 1.165) is 0 Å². The van der Waals surface area contributed by atoms with Gasteiger partial charge in [0.2, 0.25) is 0 Å². The summed E-state index contributed by atoms with van der Waals surface area (Å²) in [4.78, 5) is 21.7. The molecule has 0 aliphatic heterocycles. The van der Waals surface area contributed by atoms with E-state index < -0.39 is 10.8 Å². The molecular formula is C10H11BrN2O4. The van der Waals surface area contributed by atoms with Gasteiger partial charge in [-0.05, 0) is 34.5 Å². The van der Waals surface area contributed by atoms with Gasteiger partial charge in [-0.1, -0.05) is 0 Å². The number of carbonyl (C=O) groups excluding carboxylic acids is 1. The summed E-state index contributed by atoms with van der Waals surface area (Å²) in [6.45, 7) is 0.319. The minimum absolute atomic E-state index is 0.0131. The maximum Gasteiger partial charge on any atom is 0.284 e. The highest BCUT2D eigenvalue weighted by molar-refractivity contribution is 9.10. The summed E-state index contributed by atoms with van der Waals surface area (Å²) < 4.78 is 0.328. The molecule has 0 saturated heterocycles. The number of aliphatic hydroxyl groups excluding tert-OH is 1. The van der Waals surface area contributed by atoms with E-state index in [0.29, 0.717) is 17.4 Å². The van der Waals surface area contributed by atoms with Gasteiger partial charge in [0.15, 0.2) is 0 Å². The Hall–Kier alpha value is -1.47. The molecule has 0 unspecified atom stereocenters. The lowest BCUT2D eigenvalue weighted by Crippen LogP contribution is -2.25. The molecule has 0 saturated carbocycles. The third kappa shape index (κ3) is 3.79. The molecule has 0 aliphatic rings. The van der Waals surface area contributed by atoms with Crippen LogP contribution < -0.4 is 5.32 Å². The van der Waals surface area contributed by atoms with Gasteiger partial charge in [0.1, 0.15) is 0 Å². The van der Waals surface area contributed by atoms with Crippen LogP contribution >= 0.6 is 15.9 Å². The van der Waals surface area contributed by atoms with Crippen LogP contribution in [-0.2, 0) is 0 Å². The molecule has 6 nitrogen and oxygen atoms in total. The van der Waals surface area contributed by atoms with Gasteiger partial charge in [-0.3, -0.25) is 14.9 Å². The second-order valence-corrected chi connectivity index (χ2v) is 4.11. The molecule has 0 heterocycles. The Morgan fingerprint density at radius 1 is 1.53 bits per heavy atom. The van der Waals surface area contributed by atoms with E-state index in [9.17, 15) is 14.9 Å². The summed E-state index contributed by atoms with van der Waals surface area (Å²) in [6, 6.07) is 4.16. The Morgan fingerprint density at radius 2 is 2.24 bits per heavy atom. The lowest BCUT2D eigenvalue weighted by Gasteiger charge is -2.04. The first kappa shape index (κ1) is 13.6. The fraction of sp³-hybridized carbons (Fsp3) is 0.300. The standard InChI is InChI=1S/C10H11BrN2O4/c11-8-3-2-7(6-9(8)13(16)17)10(15)12-4-1-5-14/h2-3,6,14H,1,4-5H2,(H,12,15). The first-order chi connectivity index (χ1) is 8.06. The summed E-state index contributed by atoms with van der Waals surface area (Å²) in [7, 11) is 0. The molecule has 0 bridgehead atoms. The summed E-state index contributed by atoms with van der Waals surface area (Å²) in [5.41, 5.74) is 0.0673. The van der Waals surface area contributed by atoms with Gasteiger partial charge in [-0.25, -0.2) is 0 Å². The summed E-state index contributed by atoms with van der Waals surface area (Å²) >= 11 is 3.04. The molecule has 1 aromatic carbocycles. The van der Waals surface area contributed by atoms with Crippen LogP contribution in [0.1, 0.15) is 16.8 Å². The predicted molar refractivity (Wildman–Crippen MR) is 64.8 cm³/mol. The number of nitro benzene ring substituents is 1. The van der Waals surface area contributed by atoms with Gasteiger partial charge in [0.25, 0.3) is 11.6 Å². The number of benzene rings is 1. The monoisotopic (exact) mass is 302 g/mol. The van der Waals surface area contributed by atoms with E-state index in [1.165, 1.54) is 18.2 Å². The molecule has 0 fully saturated rings. The molecule has 1 rings (SSSR count). The zero-order valence-electron chi connectivity index (χ0n) is 8.85. The fourth-order valence-corrected chi connectivity index (χ4v) is 1.57. The zero-order valence-corrected chi connectivity index (χ0v) is 10.4. The van der Waals surface area contributed by atoms with Crippen molar-refractivity contribution in [1.29, 1.82) is 0 Å². The molecule has 17 heavy (non-hydrogen) atoms. The van der Waals surface area contributed by atoms with Crippen LogP contribution in [0.25, 0.3) is 0 Å². The summed E-state index contributed by atoms with van der Waals surface area (Å²) in [5, 5.41) is 21.8. The molecule has 1 amide bonds. The van der Waals surface area contributed by atoms with Crippen molar-refractivity contribution in [3.8, 4) is 0 Å². The Bertz CT molecular complexity index is 436. The van der Waals surface area contributed by atoms with Crippen molar-refractivity contribution in [2.75, 3.05) is 13.2 Å². The SMILES string of the molecule is O=C(NCCCO)c1ccc(Br)c([N+](=O)[O-])c1. The van der Waals surface area contributed by atoms with Crippen LogP contribution in [-0.4, -0.2) is 29.1 Å². The molecule has 0 radical (unpaired) electrons. The molecule has 92 valence electrons. The van der Waals surface area contributed by atoms with Crippen LogP contribution in [0, 0.1) is 10.1 Å². The van der Waals surface area contributed by atoms with Crippen molar-refractivity contribution in [3.63, 3.8) is 0 Å². The van der Waals surface area contributed by atoms with E-state index in [1.54, 1.807) is 0 Å². The smallest absolute Gasteiger partial charge is 0.284 e. The molecule has 0 aliphatic carbocycles. The number of nitro groups is 1. The first-order valence-corrected chi connectivity index (χ1v) is 5.68. The normalized spacial score (nSPS) is 10.0. The van der Waals surface area contributed by atoms with Crippen LogP contribution in [0.2, 0.25) is 0 Å². The number of halogens is 1. The van der Waals surface area contributed by atoms with Gasteiger partial charge in [0.05, 0.1) is 9.40 Å². The van der Waals surface area contributed by atoms with Crippen LogP contribution in [0.4, 0.5) is 5.69 Å². The van der Waals surface area contributed by atoms with E-state index in [-0.39, 0.29) is 17.9 Å². The van der Waals surface area contributed by atoms with Gasteiger partial charge in [-0.2, -0.15) is 0 Å². The number of carbonyl (C=O) groups is 1. The van der Waals surface area contributed by atoms with Crippen LogP contribution in [0.3, 0.4) is 0 Å². The molecule has 1 aromatic rings. The Balaban J connectivity index is 2.81. The average Bonchev–Trinajstić information content (AvgIpc) is 2.29. The van der Waals surface area contributed by atoms with Crippen LogP contribution in [0.5, 0.6) is 0 Å². The van der Waals surface area contributed by atoms with Crippen molar-refractivity contribution in [1.82, 2.24) is 5.32 Å². The molecule has 0 spiro atoms. The van der Waals surface area contributed by atoms with E-state index in [2.05, 4.69) is 21.2 Å². The third-order valence-electron chi connectivity index (χ3n) is 2.03. The second-order valence-electron chi connectivity index (χ2n) is 3.26. The minimum Gasteiger partial charge on any atom is -0.396 e. The Labute approximate surface area is 106 Å². The first-order valence-electron chi connectivity index (χ1n) is 4.89. The lowest BCUT2D eigenvalue weighted by atomic mass is 10.2. The van der Waals surface area contributed by atoms with Crippen molar-refractivity contribution in [2.45, 2.75) is 6.42 Å². The summed E-state index contributed by atoms with van der Waals surface area (Å²) in [5.74, 6) is -0.394. The van der Waals surface area contributed by atoms with Gasteiger partial charge >= 0.3 is 0 Å². The largest absolute Gasteiger partial charge is 0.396 e. The van der Waals surface area contributed by atoms with Crippen molar-refractivity contribution < 1.29 is 14.8 Å². The number of hydrogen-bond donors (Lipinski definition) is 2. The average molecular weight is 303 g/mol. The number of nitrogens with zero attached hydrogens (tertiary/aromatic N) is 1. The molecule has 0 atom stereocenters. The van der Waals surface area contributed by atoms with Crippen molar-refractivity contribution in [3.05, 3.63) is 38.3 Å². The number of amides is 1. The van der Waals surface area contributed by atoms with E-state index in [4.69, 9.17) is 5.11 Å². The predicted octanol–water partition coefficient (Wildman–Crippen LogP) is 1.47. The quantitative estimate of drug-likeness (QED) is 0.489. The molecular weight excluding hydrogens is 292 g/mol. The number of nitrogens with one attached hydrogen (secondary N) is 1. The molecule has 7 heteroatoms. The van der Waals surface area contributed by atoms with Crippen molar-refractivity contribution >= 4 is 27.5 Å². The van der Waals surface area contributed by atoms with Crippen molar-refractivity contribution in [2.24, 2.45) is 0 Å². The number of aliphatic hydroxyl groups is 1. The highest BCUT2D eigenvalue weighted by atomic mass is 79.9. The minimum atomic E-state index is -0.561. The second kappa shape index (κ2) is 6.31. The van der Waals surface area contributed by atoms with E-state index in [1.807, 2.05) is 0 Å². The number of rotatable bonds is 5. The fourth-order valence-electron chi connectivity index (χ4n) is 1.18. The lowest BCUT2D eigenvalue weighted by molar-refractivity contribution is -0.385. The van der Waals surface area contributed by atoms with Gasteiger partial charge < -0.3 is 10.4 Å². The molecule has 2 N–H and O–H groups in total. The highest BCUT2D eigenvalue weighted by Crippen LogP contribution is 2.25. The maximum atomic E-state index is 11.6. The topological polar surface area (TPSA) is 92.5 Å². The van der Waals surface area contributed by atoms with Gasteiger partial charge in [-0.15, -0.1) is 0 Å². The van der Waals surface area contributed by atoms with E-state index >= 15 is 0 Å². The molecule has 0 aromatic heterocycles. The zero-order chi connectivity index (χ0) is 12.8. The maximum absolute atomic E-state index is 11.6. The van der Waals surface area contributed by atoms with Crippen LogP contribution in [0.15, 0.2) is 22.7 Å².